The summed E-state index contributed by atoms with van der Waals surface area (Å²) >= 11 is 0. The Labute approximate surface area is 152 Å². The van der Waals surface area contributed by atoms with Gasteiger partial charge in [-0.25, -0.2) is 0 Å². The fourth-order valence-electron chi connectivity index (χ4n) is 3.48. The van der Waals surface area contributed by atoms with Crippen molar-refractivity contribution in [3.05, 3.63) is 59.8 Å². The molecule has 5 heteroatoms. The molecule has 2 heterocycles. The van der Waals surface area contributed by atoms with Crippen LogP contribution in [-0.2, 0) is 6.42 Å². The number of nitrogens with zero attached hydrogens (tertiary/aromatic N) is 1. The van der Waals surface area contributed by atoms with Gasteiger partial charge in [-0.2, -0.15) is 0 Å². The Kier molecular flexibility index (Phi) is 4.63. The highest BCUT2D eigenvalue weighted by Crippen LogP contribution is 2.35. The quantitative estimate of drug-likeness (QED) is 0.763. The highest BCUT2D eigenvalue weighted by atomic mass is 16.5. The van der Waals surface area contributed by atoms with Gasteiger partial charge in [0.15, 0.2) is 11.5 Å². The van der Waals surface area contributed by atoms with E-state index in [4.69, 9.17) is 14.2 Å². The number of para-hydroxylation sites is 1. The normalized spacial score (nSPS) is 16.2. The van der Waals surface area contributed by atoms with E-state index < -0.39 is 0 Å². The number of rotatable bonds is 5. The van der Waals surface area contributed by atoms with Gasteiger partial charge in [0.1, 0.15) is 17.9 Å². The smallest absolute Gasteiger partial charge is 0.161 e. The van der Waals surface area contributed by atoms with E-state index in [0.717, 1.165) is 41.1 Å². The molecule has 0 spiro atoms. The molecule has 0 amide bonds. The SMILES string of the molecule is COc1cc2c(cc1OC)[C@H](COc1cccc3cccnc13)NCC2. The van der Waals surface area contributed by atoms with E-state index in [1.165, 1.54) is 11.1 Å². The first-order valence-electron chi connectivity index (χ1n) is 8.75. The molecule has 1 aliphatic rings. The van der Waals surface area contributed by atoms with Crippen LogP contribution in [0.5, 0.6) is 17.2 Å². The third-order valence-electron chi connectivity index (χ3n) is 4.81. The molecule has 0 saturated carbocycles. The average Bonchev–Trinajstić information content (AvgIpc) is 2.71. The molecule has 0 radical (unpaired) electrons. The van der Waals surface area contributed by atoms with Crippen molar-refractivity contribution in [1.82, 2.24) is 10.3 Å². The fourth-order valence-corrected chi connectivity index (χ4v) is 3.48. The standard InChI is InChI=1S/C21H22N2O3/c1-24-19-11-15-8-10-22-17(16(15)12-20(19)25-2)13-26-18-7-3-5-14-6-4-9-23-21(14)18/h3-7,9,11-12,17,22H,8,10,13H2,1-2H3/t17-/m0/s1. The first-order chi connectivity index (χ1) is 12.8. The molecule has 4 rings (SSSR count). The van der Waals surface area contributed by atoms with Gasteiger partial charge in [0.25, 0.3) is 0 Å². The van der Waals surface area contributed by atoms with Crippen molar-refractivity contribution in [3.63, 3.8) is 0 Å². The number of benzene rings is 2. The Hall–Kier alpha value is -2.79. The van der Waals surface area contributed by atoms with E-state index in [9.17, 15) is 0 Å². The Morgan fingerprint density at radius 3 is 2.69 bits per heavy atom. The Morgan fingerprint density at radius 1 is 1.04 bits per heavy atom. The van der Waals surface area contributed by atoms with Crippen molar-refractivity contribution in [2.45, 2.75) is 12.5 Å². The van der Waals surface area contributed by atoms with Crippen LogP contribution in [0, 0.1) is 0 Å². The van der Waals surface area contributed by atoms with Gasteiger partial charge in [-0.15, -0.1) is 0 Å². The van der Waals surface area contributed by atoms with Gasteiger partial charge in [0, 0.05) is 11.6 Å². The maximum atomic E-state index is 6.15. The van der Waals surface area contributed by atoms with E-state index in [0.29, 0.717) is 6.61 Å². The van der Waals surface area contributed by atoms with E-state index in [-0.39, 0.29) is 6.04 Å². The lowest BCUT2D eigenvalue weighted by Gasteiger charge is -2.28. The molecule has 2 aromatic carbocycles. The minimum Gasteiger partial charge on any atom is -0.493 e. The maximum Gasteiger partial charge on any atom is 0.161 e. The minimum atomic E-state index is 0.0949. The third kappa shape index (κ3) is 3.06. The van der Waals surface area contributed by atoms with Crippen LogP contribution in [-0.4, -0.2) is 32.4 Å². The van der Waals surface area contributed by atoms with Crippen LogP contribution in [0.3, 0.4) is 0 Å². The second-order valence-corrected chi connectivity index (χ2v) is 6.30. The zero-order valence-electron chi connectivity index (χ0n) is 15.0. The van der Waals surface area contributed by atoms with Crippen LogP contribution in [0.1, 0.15) is 17.2 Å². The summed E-state index contributed by atoms with van der Waals surface area (Å²) in [6, 6.07) is 14.2. The van der Waals surface area contributed by atoms with Gasteiger partial charge < -0.3 is 19.5 Å². The van der Waals surface area contributed by atoms with Crippen LogP contribution >= 0.6 is 0 Å². The highest BCUT2D eigenvalue weighted by Gasteiger charge is 2.23. The topological polar surface area (TPSA) is 52.6 Å². The van der Waals surface area contributed by atoms with Crippen molar-refractivity contribution >= 4 is 10.9 Å². The molecule has 5 nitrogen and oxygen atoms in total. The summed E-state index contributed by atoms with van der Waals surface area (Å²) < 4.78 is 17.0. The maximum absolute atomic E-state index is 6.15. The molecular weight excluding hydrogens is 328 g/mol. The summed E-state index contributed by atoms with van der Waals surface area (Å²) in [4.78, 5) is 4.46. The molecule has 1 atom stereocenters. The van der Waals surface area contributed by atoms with Crippen LogP contribution < -0.4 is 19.5 Å². The summed E-state index contributed by atoms with van der Waals surface area (Å²) in [7, 11) is 3.33. The minimum absolute atomic E-state index is 0.0949. The van der Waals surface area contributed by atoms with Gasteiger partial charge in [-0.3, -0.25) is 4.98 Å². The number of hydrogen-bond acceptors (Lipinski definition) is 5. The van der Waals surface area contributed by atoms with Crippen LogP contribution in [0.2, 0.25) is 0 Å². The number of aromatic nitrogens is 1. The zero-order chi connectivity index (χ0) is 17.9. The second-order valence-electron chi connectivity index (χ2n) is 6.30. The van der Waals surface area contributed by atoms with Gasteiger partial charge in [-0.1, -0.05) is 18.2 Å². The lowest BCUT2D eigenvalue weighted by Crippen LogP contribution is -2.33. The molecule has 1 aliphatic heterocycles. The molecule has 0 fully saturated rings. The summed E-state index contributed by atoms with van der Waals surface area (Å²) in [5.74, 6) is 2.32. The molecule has 3 aromatic rings. The lowest BCUT2D eigenvalue weighted by molar-refractivity contribution is 0.262. The second kappa shape index (κ2) is 7.22. The number of ether oxygens (including phenoxy) is 3. The summed E-state index contributed by atoms with van der Waals surface area (Å²) in [5.41, 5.74) is 3.35. The molecule has 0 bridgehead atoms. The molecular formula is C21H22N2O3. The van der Waals surface area contributed by atoms with Gasteiger partial charge in [-0.05, 0) is 48.4 Å². The van der Waals surface area contributed by atoms with Gasteiger partial charge >= 0.3 is 0 Å². The zero-order valence-corrected chi connectivity index (χ0v) is 15.0. The Bertz CT molecular complexity index is 921. The molecule has 134 valence electrons. The number of nitrogens with one attached hydrogen (secondary N) is 1. The lowest BCUT2D eigenvalue weighted by atomic mass is 9.94. The van der Waals surface area contributed by atoms with Crippen molar-refractivity contribution in [3.8, 4) is 17.2 Å². The summed E-state index contributed by atoms with van der Waals surface area (Å²) in [6.07, 6.45) is 2.75. The third-order valence-corrected chi connectivity index (χ3v) is 4.81. The van der Waals surface area contributed by atoms with E-state index >= 15 is 0 Å². The van der Waals surface area contributed by atoms with Crippen LogP contribution in [0.15, 0.2) is 48.7 Å². The van der Waals surface area contributed by atoms with Crippen LogP contribution in [0.4, 0.5) is 0 Å². The van der Waals surface area contributed by atoms with Crippen LogP contribution in [0.25, 0.3) is 10.9 Å². The highest BCUT2D eigenvalue weighted by molar-refractivity contribution is 5.84. The molecule has 1 aromatic heterocycles. The van der Waals surface area contributed by atoms with Crippen molar-refractivity contribution in [2.24, 2.45) is 0 Å². The van der Waals surface area contributed by atoms with E-state index in [1.54, 1.807) is 20.4 Å². The summed E-state index contributed by atoms with van der Waals surface area (Å²) in [5, 5.41) is 4.62. The van der Waals surface area contributed by atoms with E-state index in [2.05, 4.69) is 22.4 Å². The first-order valence-corrected chi connectivity index (χ1v) is 8.75. The number of hydrogen-bond donors (Lipinski definition) is 1. The predicted octanol–water partition coefficient (Wildman–Crippen LogP) is 3.52. The van der Waals surface area contributed by atoms with Crippen molar-refractivity contribution in [2.75, 3.05) is 27.4 Å². The molecule has 0 aliphatic carbocycles. The number of pyridine rings is 1. The molecule has 0 unspecified atom stereocenters. The predicted molar refractivity (Wildman–Crippen MR) is 101 cm³/mol. The monoisotopic (exact) mass is 350 g/mol. The molecule has 26 heavy (non-hydrogen) atoms. The average molecular weight is 350 g/mol. The first kappa shape index (κ1) is 16.7. The largest absolute Gasteiger partial charge is 0.493 e. The van der Waals surface area contributed by atoms with Gasteiger partial charge in [0.2, 0.25) is 0 Å². The molecule has 1 N–H and O–H groups in total. The number of fused-ring (bicyclic) bond motifs is 2. The fraction of sp³-hybridized carbons (Fsp3) is 0.286. The van der Waals surface area contributed by atoms with Crippen molar-refractivity contribution in [1.29, 1.82) is 0 Å². The summed E-state index contributed by atoms with van der Waals surface area (Å²) in [6.45, 7) is 1.43. The van der Waals surface area contributed by atoms with Crippen molar-refractivity contribution < 1.29 is 14.2 Å². The Morgan fingerprint density at radius 2 is 1.85 bits per heavy atom. The number of methoxy groups -OCH3 is 2. The van der Waals surface area contributed by atoms with E-state index in [1.807, 2.05) is 30.3 Å². The van der Waals surface area contributed by atoms with Gasteiger partial charge in [0.05, 0.1) is 20.3 Å². The molecule has 0 saturated heterocycles. The Balaban J connectivity index is 1.60.